The number of rotatable bonds is 7. The van der Waals surface area contributed by atoms with Crippen LogP contribution in [0, 0.1) is 12.8 Å². The lowest BCUT2D eigenvalue weighted by Crippen LogP contribution is -2.31. The van der Waals surface area contributed by atoms with Crippen LogP contribution in [0.15, 0.2) is 23.3 Å². The van der Waals surface area contributed by atoms with Gasteiger partial charge in [-0.1, -0.05) is 0 Å². The molecule has 0 atom stereocenters. The van der Waals surface area contributed by atoms with E-state index < -0.39 is 10.0 Å². The normalized spacial score (nSPS) is 14.2. The van der Waals surface area contributed by atoms with Gasteiger partial charge in [0.25, 0.3) is 5.56 Å². The van der Waals surface area contributed by atoms with Crippen molar-refractivity contribution in [1.82, 2.24) is 14.5 Å². The fourth-order valence-corrected chi connectivity index (χ4v) is 3.67. The molecule has 1 aliphatic rings. The Morgan fingerprint density at radius 3 is 2.63 bits per heavy atom. The molecule has 27 heavy (non-hydrogen) atoms. The number of hydrogen-bond acceptors (Lipinski definition) is 6. The van der Waals surface area contributed by atoms with Crippen LogP contribution in [-0.2, 0) is 17.1 Å². The quantitative estimate of drug-likeness (QED) is 0.712. The Hall–Kier alpha value is -2.42. The molecule has 0 aromatic carbocycles. The molecule has 0 unspecified atom stereocenters. The number of aromatic nitrogens is 3. The van der Waals surface area contributed by atoms with Crippen LogP contribution in [0.1, 0.15) is 25.3 Å². The van der Waals surface area contributed by atoms with Crippen LogP contribution < -0.4 is 14.6 Å². The average Bonchev–Trinajstić information content (AvgIpc) is 3.41. The summed E-state index contributed by atoms with van der Waals surface area (Å²) in [5.74, 6) is 1.11. The Morgan fingerprint density at radius 1 is 1.37 bits per heavy atom. The van der Waals surface area contributed by atoms with Crippen molar-refractivity contribution in [2.75, 3.05) is 23.7 Å². The Morgan fingerprint density at radius 2 is 2.07 bits per heavy atom. The van der Waals surface area contributed by atoms with Gasteiger partial charge < -0.3 is 9.30 Å². The number of aryl methyl sites for hydroxylation is 2. The van der Waals surface area contributed by atoms with Gasteiger partial charge in [-0.05, 0) is 38.7 Å². The van der Waals surface area contributed by atoms with E-state index in [4.69, 9.17) is 4.74 Å². The lowest BCUT2D eigenvalue weighted by Gasteiger charge is -2.20. The fourth-order valence-electron chi connectivity index (χ4n) is 2.82. The van der Waals surface area contributed by atoms with Crippen LogP contribution in [0.3, 0.4) is 0 Å². The molecule has 1 aliphatic carbocycles. The van der Waals surface area contributed by atoms with Crippen molar-refractivity contribution in [3.63, 3.8) is 0 Å². The maximum Gasteiger partial charge on any atom is 0.253 e. The molecular formula is C18H24N4O4S. The highest BCUT2D eigenvalue weighted by atomic mass is 32.2. The standard InChI is InChI=1S/C18H24N4O4S/c1-5-22(27(4,24)25)18-19-9-15(26-11-13-6-7-13)16(20-18)14-8-12(2)17(23)21(3)10-14/h8-10,13H,5-7,11H2,1-4H3. The summed E-state index contributed by atoms with van der Waals surface area (Å²) < 4.78 is 32.6. The first-order valence-corrected chi connectivity index (χ1v) is 10.7. The van der Waals surface area contributed by atoms with Crippen LogP contribution in [0.25, 0.3) is 11.3 Å². The minimum Gasteiger partial charge on any atom is -0.489 e. The van der Waals surface area contributed by atoms with Crippen LogP contribution in [0.4, 0.5) is 5.95 Å². The molecule has 146 valence electrons. The summed E-state index contributed by atoms with van der Waals surface area (Å²) in [5, 5.41) is 0. The largest absolute Gasteiger partial charge is 0.489 e. The van der Waals surface area contributed by atoms with Gasteiger partial charge >= 0.3 is 0 Å². The number of pyridine rings is 1. The van der Waals surface area contributed by atoms with Crippen molar-refractivity contribution in [1.29, 1.82) is 0 Å². The summed E-state index contributed by atoms with van der Waals surface area (Å²) in [6.45, 7) is 4.24. The first-order chi connectivity index (χ1) is 12.7. The second-order valence-electron chi connectivity index (χ2n) is 6.89. The number of nitrogens with zero attached hydrogens (tertiary/aromatic N) is 4. The highest BCUT2D eigenvalue weighted by molar-refractivity contribution is 7.92. The molecule has 2 aromatic heterocycles. The van der Waals surface area contributed by atoms with Gasteiger partial charge in [0.1, 0.15) is 5.69 Å². The van der Waals surface area contributed by atoms with Gasteiger partial charge in [0.05, 0.1) is 19.1 Å². The van der Waals surface area contributed by atoms with Gasteiger partial charge in [-0.25, -0.2) is 22.7 Å². The van der Waals surface area contributed by atoms with E-state index in [1.807, 2.05) is 0 Å². The zero-order chi connectivity index (χ0) is 19.8. The highest BCUT2D eigenvalue weighted by Gasteiger charge is 2.25. The van der Waals surface area contributed by atoms with Gasteiger partial charge in [-0.2, -0.15) is 0 Å². The molecule has 2 heterocycles. The van der Waals surface area contributed by atoms with Crippen molar-refractivity contribution >= 4 is 16.0 Å². The zero-order valence-electron chi connectivity index (χ0n) is 16.0. The van der Waals surface area contributed by atoms with Crippen LogP contribution in [-0.4, -0.2) is 42.4 Å². The molecule has 0 amide bonds. The van der Waals surface area contributed by atoms with E-state index in [-0.39, 0.29) is 18.1 Å². The summed E-state index contributed by atoms with van der Waals surface area (Å²) in [7, 11) is -1.84. The molecule has 8 nitrogen and oxygen atoms in total. The van der Waals surface area contributed by atoms with Gasteiger partial charge in [0.15, 0.2) is 5.75 Å². The number of sulfonamides is 1. The molecule has 0 radical (unpaired) electrons. The summed E-state index contributed by atoms with van der Waals surface area (Å²) in [6.07, 6.45) is 6.58. The molecule has 3 rings (SSSR count). The molecule has 0 bridgehead atoms. The van der Waals surface area contributed by atoms with E-state index in [2.05, 4.69) is 9.97 Å². The second-order valence-corrected chi connectivity index (χ2v) is 8.80. The smallest absolute Gasteiger partial charge is 0.253 e. The van der Waals surface area contributed by atoms with Crippen molar-refractivity contribution in [3.8, 4) is 17.0 Å². The molecule has 9 heteroatoms. The van der Waals surface area contributed by atoms with Gasteiger partial charge in [-0.15, -0.1) is 0 Å². The first-order valence-electron chi connectivity index (χ1n) is 8.86. The SMILES string of the molecule is CCN(c1ncc(OCC2CC2)c(-c2cc(C)c(=O)n(C)c2)n1)S(C)(=O)=O. The van der Waals surface area contributed by atoms with Crippen molar-refractivity contribution in [3.05, 3.63) is 34.4 Å². The number of ether oxygens (including phenoxy) is 1. The lowest BCUT2D eigenvalue weighted by molar-refractivity contribution is 0.299. The zero-order valence-corrected chi connectivity index (χ0v) is 16.8. The molecule has 1 saturated carbocycles. The van der Waals surface area contributed by atoms with E-state index in [1.54, 1.807) is 33.2 Å². The summed E-state index contributed by atoms with van der Waals surface area (Å²) >= 11 is 0. The van der Waals surface area contributed by atoms with Crippen LogP contribution >= 0.6 is 0 Å². The van der Waals surface area contributed by atoms with Crippen LogP contribution in [0.5, 0.6) is 5.75 Å². The number of hydrogen-bond donors (Lipinski definition) is 0. The Kier molecular flexibility index (Phi) is 5.23. The molecule has 0 N–H and O–H groups in total. The first kappa shape index (κ1) is 19.3. The summed E-state index contributed by atoms with van der Waals surface area (Å²) in [6, 6.07) is 1.73. The van der Waals surface area contributed by atoms with E-state index in [0.29, 0.717) is 35.1 Å². The second kappa shape index (κ2) is 7.30. The Labute approximate surface area is 158 Å². The highest BCUT2D eigenvalue weighted by Crippen LogP contribution is 2.33. The summed E-state index contributed by atoms with van der Waals surface area (Å²) in [5.41, 5.74) is 1.62. The third-order valence-corrected chi connectivity index (χ3v) is 5.68. The minimum absolute atomic E-state index is 0.0836. The van der Waals surface area contributed by atoms with E-state index in [9.17, 15) is 13.2 Å². The van der Waals surface area contributed by atoms with Crippen molar-refractivity contribution < 1.29 is 13.2 Å². The van der Waals surface area contributed by atoms with Gasteiger partial charge in [0, 0.05) is 30.9 Å². The fraction of sp³-hybridized carbons (Fsp3) is 0.500. The van der Waals surface area contributed by atoms with E-state index in [0.717, 1.165) is 23.4 Å². The molecule has 0 spiro atoms. The monoisotopic (exact) mass is 392 g/mol. The Bertz CT molecular complexity index is 986. The van der Waals surface area contributed by atoms with Crippen molar-refractivity contribution in [2.45, 2.75) is 26.7 Å². The maximum absolute atomic E-state index is 12.0. The van der Waals surface area contributed by atoms with E-state index >= 15 is 0 Å². The summed E-state index contributed by atoms with van der Waals surface area (Å²) in [4.78, 5) is 20.7. The lowest BCUT2D eigenvalue weighted by atomic mass is 10.1. The predicted molar refractivity (Wildman–Crippen MR) is 104 cm³/mol. The van der Waals surface area contributed by atoms with Gasteiger partial charge in [-0.3, -0.25) is 4.79 Å². The van der Waals surface area contributed by atoms with Gasteiger partial charge in [0.2, 0.25) is 16.0 Å². The minimum atomic E-state index is -3.51. The Balaban J connectivity index is 2.11. The van der Waals surface area contributed by atoms with E-state index in [1.165, 1.54) is 10.8 Å². The molecule has 2 aromatic rings. The molecule has 0 aliphatic heterocycles. The van der Waals surface area contributed by atoms with Crippen LogP contribution in [0.2, 0.25) is 0 Å². The van der Waals surface area contributed by atoms with Crippen molar-refractivity contribution in [2.24, 2.45) is 13.0 Å². The number of anilines is 1. The molecule has 1 fully saturated rings. The predicted octanol–water partition coefficient (Wildman–Crippen LogP) is 1.73. The third kappa shape index (κ3) is 4.29. The third-order valence-electron chi connectivity index (χ3n) is 4.46. The molecule has 0 saturated heterocycles. The topological polar surface area (TPSA) is 94.4 Å². The average molecular weight is 392 g/mol. The molecular weight excluding hydrogens is 368 g/mol. The maximum atomic E-state index is 12.0.